The smallest absolute Gasteiger partial charge is 0.220 e. The molecule has 0 aliphatic rings. The highest BCUT2D eigenvalue weighted by Crippen LogP contribution is 2.37. The summed E-state index contributed by atoms with van der Waals surface area (Å²) in [5, 5.41) is 3.12. The summed E-state index contributed by atoms with van der Waals surface area (Å²) in [6.45, 7) is 18.9. The molecule has 1 N–H and O–H groups in total. The van der Waals surface area contributed by atoms with Crippen LogP contribution in [0.1, 0.15) is 81.1 Å². The zero-order valence-electron chi connectivity index (χ0n) is 15.1. The Balaban J connectivity index is 4.21. The molecule has 0 saturated carbocycles. The predicted octanol–water partition coefficient (Wildman–Crippen LogP) is 5.03. The van der Waals surface area contributed by atoms with Crippen molar-refractivity contribution in [3.63, 3.8) is 0 Å². The van der Waals surface area contributed by atoms with E-state index in [-0.39, 0.29) is 11.3 Å². The average Bonchev–Trinajstić information content (AvgIpc) is 2.19. The van der Waals surface area contributed by atoms with Crippen molar-refractivity contribution in [3.05, 3.63) is 0 Å². The van der Waals surface area contributed by atoms with Crippen LogP contribution >= 0.6 is 0 Å². The fourth-order valence-corrected chi connectivity index (χ4v) is 3.38. The molecule has 2 nitrogen and oxygen atoms in total. The summed E-state index contributed by atoms with van der Waals surface area (Å²) < 4.78 is 0. The number of hydrogen-bond donors (Lipinski definition) is 1. The van der Waals surface area contributed by atoms with E-state index in [0.717, 1.165) is 25.3 Å². The van der Waals surface area contributed by atoms with E-state index in [1.54, 1.807) is 0 Å². The highest BCUT2D eigenvalue weighted by molar-refractivity contribution is 5.75. The molecule has 0 atom stereocenters. The minimum atomic E-state index is 0.159. The van der Waals surface area contributed by atoms with Gasteiger partial charge in [-0.2, -0.15) is 0 Å². The summed E-state index contributed by atoms with van der Waals surface area (Å²) in [5.41, 5.74) is 0.492. The zero-order chi connectivity index (χ0) is 16.0. The van der Waals surface area contributed by atoms with E-state index in [1.165, 1.54) is 6.42 Å². The van der Waals surface area contributed by atoms with Crippen LogP contribution in [0.4, 0.5) is 0 Å². The van der Waals surface area contributed by atoms with E-state index >= 15 is 0 Å². The van der Waals surface area contributed by atoms with Crippen molar-refractivity contribution in [1.82, 2.24) is 5.32 Å². The fourth-order valence-electron chi connectivity index (χ4n) is 3.38. The Bertz CT molecular complexity index is 290. The monoisotopic (exact) mass is 283 g/mol. The number of carbonyl (C=O) groups is 1. The lowest BCUT2D eigenvalue weighted by atomic mass is 9.71. The van der Waals surface area contributed by atoms with Crippen molar-refractivity contribution in [3.8, 4) is 0 Å². The molecule has 0 saturated heterocycles. The molecule has 2 heteroatoms. The van der Waals surface area contributed by atoms with E-state index in [9.17, 15) is 4.79 Å². The Kier molecular flexibility index (Phi) is 7.83. The highest BCUT2D eigenvalue weighted by atomic mass is 16.1. The second kappa shape index (κ2) is 8.05. The van der Waals surface area contributed by atoms with Gasteiger partial charge in [-0.15, -0.1) is 0 Å². The van der Waals surface area contributed by atoms with Gasteiger partial charge in [-0.3, -0.25) is 4.79 Å². The second-order valence-electron chi connectivity index (χ2n) is 8.81. The van der Waals surface area contributed by atoms with Gasteiger partial charge in [0.2, 0.25) is 5.91 Å². The van der Waals surface area contributed by atoms with E-state index in [0.29, 0.717) is 17.8 Å². The first-order chi connectivity index (χ1) is 8.93. The molecule has 0 aromatic carbocycles. The van der Waals surface area contributed by atoms with Gasteiger partial charge in [-0.1, -0.05) is 55.4 Å². The van der Waals surface area contributed by atoms with Gasteiger partial charge in [-0.05, 0) is 41.9 Å². The van der Waals surface area contributed by atoms with Crippen LogP contribution in [0.25, 0.3) is 0 Å². The molecule has 0 aromatic rings. The third-order valence-electron chi connectivity index (χ3n) is 3.63. The quantitative estimate of drug-likeness (QED) is 0.632. The topological polar surface area (TPSA) is 29.1 Å². The maximum Gasteiger partial charge on any atom is 0.220 e. The number of rotatable bonds is 9. The van der Waals surface area contributed by atoms with Gasteiger partial charge in [0.25, 0.3) is 0 Å². The van der Waals surface area contributed by atoms with Gasteiger partial charge >= 0.3 is 0 Å². The maximum atomic E-state index is 11.8. The van der Waals surface area contributed by atoms with Crippen molar-refractivity contribution in [2.45, 2.75) is 81.1 Å². The molecule has 20 heavy (non-hydrogen) atoms. The SMILES string of the molecule is CC(C)CCC(=O)NCC(C)(C)CC(C)(C)CC(C)C. The van der Waals surface area contributed by atoms with Crippen molar-refractivity contribution in [1.29, 1.82) is 0 Å². The normalized spacial score (nSPS) is 13.1. The summed E-state index contributed by atoms with van der Waals surface area (Å²) in [7, 11) is 0. The molecule has 0 aliphatic heterocycles. The molecular formula is C18H37NO. The van der Waals surface area contributed by atoms with Gasteiger partial charge in [0.15, 0.2) is 0 Å². The second-order valence-corrected chi connectivity index (χ2v) is 8.81. The molecule has 0 unspecified atom stereocenters. The van der Waals surface area contributed by atoms with Crippen molar-refractivity contribution >= 4 is 5.91 Å². The Labute approximate surface area is 127 Å². The summed E-state index contributed by atoms with van der Waals surface area (Å²) in [6.07, 6.45) is 4.01. The number of carbonyl (C=O) groups excluding carboxylic acids is 1. The van der Waals surface area contributed by atoms with Crippen LogP contribution in [-0.2, 0) is 4.79 Å². The van der Waals surface area contributed by atoms with Gasteiger partial charge in [0.05, 0.1) is 0 Å². The van der Waals surface area contributed by atoms with Crippen LogP contribution in [0.2, 0.25) is 0 Å². The van der Waals surface area contributed by atoms with Crippen LogP contribution in [0.5, 0.6) is 0 Å². The molecule has 0 fully saturated rings. The van der Waals surface area contributed by atoms with Crippen molar-refractivity contribution in [2.75, 3.05) is 6.54 Å². The molecular weight excluding hydrogens is 246 g/mol. The van der Waals surface area contributed by atoms with Gasteiger partial charge < -0.3 is 5.32 Å². The maximum absolute atomic E-state index is 11.8. The first-order valence-corrected chi connectivity index (χ1v) is 8.20. The van der Waals surface area contributed by atoms with E-state index in [1.807, 2.05) is 0 Å². The van der Waals surface area contributed by atoms with Gasteiger partial charge in [0, 0.05) is 13.0 Å². The molecule has 0 heterocycles. The first kappa shape index (κ1) is 19.5. The van der Waals surface area contributed by atoms with Gasteiger partial charge in [-0.25, -0.2) is 0 Å². The molecule has 0 aromatic heterocycles. The molecule has 0 aliphatic carbocycles. The third kappa shape index (κ3) is 10.3. The number of nitrogens with one attached hydrogen (secondary N) is 1. The minimum Gasteiger partial charge on any atom is -0.356 e. The van der Waals surface area contributed by atoms with Crippen LogP contribution in [0, 0.1) is 22.7 Å². The largest absolute Gasteiger partial charge is 0.356 e. The fraction of sp³-hybridized carbons (Fsp3) is 0.944. The predicted molar refractivity (Wildman–Crippen MR) is 88.7 cm³/mol. The summed E-state index contributed by atoms with van der Waals surface area (Å²) in [4.78, 5) is 11.8. The Morgan fingerprint density at radius 2 is 1.50 bits per heavy atom. The number of hydrogen-bond acceptors (Lipinski definition) is 1. The Hall–Kier alpha value is -0.530. The average molecular weight is 284 g/mol. The van der Waals surface area contributed by atoms with Crippen LogP contribution < -0.4 is 5.32 Å². The summed E-state index contributed by atoms with van der Waals surface area (Å²) in [5.74, 6) is 1.52. The van der Waals surface area contributed by atoms with E-state index < -0.39 is 0 Å². The van der Waals surface area contributed by atoms with Crippen LogP contribution in [0.3, 0.4) is 0 Å². The third-order valence-corrected chi connectivity index (χ3v) is 3.63. The number of amides is 1. The van der Waals surface area contributed by atoms with Crippen LogP contribution in [-0.4, -0.2) is 12.5 Å². The lowest BCUT2D eigenvalue weighted by Gasteiger charge is -2.36. The molecule has 0 bridgehead atoms. The standard InChI is InChI=1S/C18H37NO/c1-14(2)9-10-16(20)19-13-18(7,8)12-17(5,6)11-15(3)4/h14-15H,9-13H2,1-8H3,(H,19,20). The van der Waals surface area contributed by atoms with Crippen molar-refractivity contribution < 1.29 is 4.79 Å². The minimum absolute atomic E-state index is 0.159. The van der Waals surface area contributed by atoms with E-state index in [4.69, 9.17) is 0 Å². The van der Waals surface area contributed by atoms with Gasteiger partial charge in [0.1, 0.15) is 0 Å². The van der Waals surface area contributed by atoms with Crippen molar-refractivity contribution in [2.24, 2.45) is 22.7 Å². The molecule has 0 spiro atoms. The van der Waals surface area contributed by atoms with Crippen LogP contribution in [0.15, 0.2) is 0 Å². The molecule has 1 amide bonds. The Morgan fingerprint density at radius 1 is 0.950 bits per heavy atom. The zero-order valence-corrected chi connectivity index (χ0v) is 15.1. The van der Waals surface area contributed by atoms with E-state index in [2.05, 4.69) is 60.7 Å². The molecule has 120 valence electrons. The molecule has 0 rings (SSSR count). The summed E-state index contributed by atoms with van der Waals surface area (Å²) in [6, 6.07) is 0. The first-order valence-electron chi connectivity index (χ1n) is 8.20. The lowest BCUT2D eigenvalue weighted by molar-refractivity contribution is -0.121. The summed E-state index contributed by atoms with van der Waals surface area (Å²) >= 11 is 0. The highest BCUT2D eigenvalue weighted by Gasteiger charge is 2.29. The lowest BCUT2D eigenvalue weighted by Crippen LogP contribution is -2.37. The Morgan fingerprint density at radius 3 is 1.95 bits per heavy atom. The molecule has 0 radical (unpaired) electrons.